The third-order valence-electron chi connectivity index (χ3n) is 6.45. The van der Waals surface area contributed by atoms with Crippen LogP contribution in [0.15, 0.2) is 54.6 Å². The van der Waals surface area contributed by atoms with Crippen LogP contribution in [0.25, 0.3) is 11.1 Å². The lowest BCUT2D eigenvalue weighted by Gasteiger charge is -2.41. The van der Waals surface area contributed by atoms with Gasteiger partial charge in [0.2, 0.25) is 5.91 Å². The van der Waals surface area contributed by atoms with Gasteiger partial charge < -0.3 is 10.2 Å². The minimum absolute atomic E-state index is 0.146. The van der Waals surface area contributed by atoms with Gasteiger partial charge in [-0.1, -0.05) is 54.6 Å². The summed E-state index contributed by atoms with van der Waals surface area (Å²) in [5.41, 5.74) is 3.47. The Hall–Kier alpha value is -2.17. The molecule has 0 spiro atoms. The Bertz CT molecular complexity index is 781. The number of carbonyl (C=O) groups is 1. The van der Waals surface area contributed by atoms with Gasteiger partial charge in [-0.2, -0.15) is 0 Å². The topological polar surface area (TPSA) is 35.6 Å². The quantitative estimate of drug-likeness (QED) is 0.846. The van der Waals surface area contributed by atoms with E-state index in [9.17, 15) is 4.79 Å². The van der Waals surface area contributed by atoms with Crippen molar-refractivity contribution in [2.75, 3.05) is 33.2 Å². The number of carbonyl (C=O) groups excluding carboxylic acids is 1. The molecule has 2 fully saturated rings. The largest absolute Gasteiger partial charge is 0.352 e. The second-order valence-corrected chi connectivity index (χ2v) is 8.68. The molecule has 1 unspecified atom stereocenters. The maximum absolute atomic E-state index is 12.6. The molecule has 2 heterocycles. The van der Waals surface area contributed by atoms with Crippen LogP contribution >= 0.6 is 0 Å². The second kappa shape index (κ2) is 9.55. The van der Waals surface area contributed by atoms with E-state index in [0.29, 0.717) is 18.5 Å². The first-order valence-electron chi connectivity index (χ1n) is 11.0. The molecule has 0 bridgehead atoms. The predicted octanol–water partition coefficient (Wildman–Crippen LogP) is 3.57. The minimum Gasteiger partial charge on any atom is -0.352 e. The first-order chi connectivity index (χ1) is 14.2. The summed E-state index contributed by atoms with van der Waals surface area (Å²) in [7, 11) is 2.21. The summed E-state index contributed by atoms with van der Waals surface area (Å²) in [6.45, 7) is 4.57. The van der Waals surface area contributed by atoms with Crippen LogP contribution in [-0.4, -0.2) is 61.0 Å². The van der Waals surface area contributed by atoms with E-state index in [1.165, 1.54) is 50.0 Å². The lowest BCUT2D eigenvalue weighted by atomic mass is 9.98. The maximum Gasteiger partial charge on any atom is 0.224 e. The van der Waals surface area contributed by atoms with Gasteiger partial charge in [0.1, 0.15) is 0 Å². The number of nitrogens with zero attached hydrogens (tertiary/aromatic N) is 2. The zero-order valence-electron chi connectivity index (χ0n) is 17.5. The summed E-state index contributed by atoms with van der Waals surface area (Å²) >= 11 is 0. The molecule has 4 rings (SSSR count). The van der Waals surface area contributed by atoms with E-state index in [1.807, 2.05) is 6.07 Å². The van der Waals surface area contributed by atoms with Gasteiger partial charge in [-0.15, -0.1) is 0 Å². The molecule has 0 aromatic heterocycles. The van der Waals surface area contributed by atoms with Crippen molar-refractivity contribution in [3.8, 4) is 11.1 Å². The fraction of sp³-hybridized carbons (Fsp3) is 0.480. The fourth-order valence-corrected chi connectivity index (χ4v) is 4.73. The van der Waals surface area contributed by atoms with Gasteiger partial charge in [0, 0.05) is 18.6 Å². The van der Waals surface area contributed by atoms with Crippen LogP contribution in [0.4, 0.5) is 0 Å². The van der Waals surface area contributed by atoms with Gasteiger partial charge in [-0.3, -0.25) is 9.69 Å². The number of hydrogen-bond acceptors (Lipinski definition) is 3. The third-order valence-corrected chi connectivity index (χ3v) is 6.45. The highest BCUT2D eigenvalue weighted by atomic mass is 16.1. The van der Waals surface area contributed by atoms with Crippen molar-refractivity contribution in [2.24, 2.45) is 0 Å². The van der Waals surface area contributed by atoms with Crippen LogP contribution in [0.5, 0.6) is 0 Å². The number of benzene rings is 2. The zero-order valence-corrected chi connectivity index (χ0v) is 17.5. The van der Waals surface area contributed by atoms with Crippen molar-refractivity contribution in [3.05, 3.63) is 60.2 Å². The molecule has 2 saturated heterocycles. The number of piperidine rings is 2. The second-order valence-electron chi connectivity index (χ2n) is 8.68. The molecule has 2 aromatic rings. The number of rotatable bonds is 5. The molecular formula is C25H33N3O. The molecule has 0 aliphatic carbocycles. The van der Waals surface area contributed by atoms with Crippen LogP contribution < -0.4 is 5.32 Å². The Kier molecular flexibility index (Phi) is 6.63. The smallest absolute Gasteiger partial charge is 0.224 e. The number of amides is 1. The van der Waals surface area contributed by atoms with Crippen LogP contribution in [0.3, 0.4) is 0 Å². The van der Waals surface area contributed by atoms with E-state index in [4.69, 9.17) is 0 Å². The Morgan fingerprint density at radius 1 is 0.931 bits per heavy atom. The van der Waals surface area contributed by atoms with Gasteiger partial charge in [0.25, 0.3) is 0 Å². The third kappa shape index (κ3) is 5.46. The molecule has 1 atom stereocenters. The highest BCUT2D eigenvalue weighted by Gasteiger charge is 2.28. The van der Waals surface area contributed by atoms with Crippen molar-refractivity contribution in [3.63, 3.8) is 0 Å². The zero-order chi connectivity index (χ0) is 20.1. The van der Waals surface area contributed by atoms with E-state index >= 15 is 0 Å². The Morgan fingerprint density at radius 3 is 2.34 bits per heavy atom. The molecule has 154 valence electrons. The van der Waals surface area contributed by atoms with Gasteiger partial charge in [-0.05, 0) is 69.1 Å². The summed E-state index contributed by atoms with van der Waals surface area (Å²) in [5.74, 6) is 0.146. The van der Waals surface area contributed by atoms with Crippen LogP contribution in [0.2, 0.25) is 0 Å². The molecule has 0 saturated carbocycles. The van der Waals surface area contributed by atoms with Crippen molar-refractivity contribution in [2.45, 2.75) is 44.2 Å². The number of nitrogens with one attached hydrogen (secondary N) is 1. The normalized spacial score (nSPS) is 21.8. The summed E-state index contributed by atoms with van der Waals surface area (Å²) in [5, 5.41) is 3.30. The Morgan fingerprint density at radius 2 is 1.62 bits per heavy atom. The summed E-state index contributed by atoms with van der Waals surface area (Å²) < 4.78 is 0. The molecule has 1 amide bonds. The molecule has 2 aliphatic rings. The fourth-order valence-electron chi connectivity index (χ4n) is 4.73. The highest BCUT2D eigenvalue weighted by Crippen LogP contribution is 2.21. The minimum atomic E-state index is 0.146. The standard InChI is InChI=1S/C25H33N3O/c1-27-16-13-24(14-17-27)28-15-5-8-23(19-28)26-25(29)18-20-9-11-22(12-10-20)21-6-3-2-4-7-21/h2-4,6-7,9-12,23-24H,5,8,13-19H2,1H3,(H,26,29). The lowest BCUT2D eigenvalue weighted by Crippen LogP contribution is -2.53. The summed E-state index contributed by atoms with van der Waals surface area (Å²) in [6, 6.07) is 19.7. The van der Waals surface area contributed by atoms with E-state index < -0.39 is 0 Å². The van der Waals surface area contributed by atoms with Crippen molar-refractivity contribution in [1.82, 2.24) is 15.1 Å². The summed E-state index contributed by atoms with van der Waals surface area (Å²) in [4.78, 5) is 17.7. The van der Waals surface area contributed by atoms with Gasteiger partial charge in [0.05, 0.1) is 6.42 Å². The van der Waals surface area contributed by atoms with E-state index in [0.717, 1.165) is 18.5 Å². The first kappa shape index (κ1) is 20.1. The van der Waals surface area contributed by atoms with E-state index in [1.54, 1.807) is 0 Å². The van der Waals surface area contributed by atoms with Gasteiger partial charge in [-0.25, -0.2) is 0 Å². The molecular weight excluding hydrogens is 358 g/mol. The molecule has 2 aromatic carbocycles. The van der Waals surface area contributed by atoms with Crippen molar-refractivity contribution in [1.29, 1.82) is 0 Å². The molecule has 4 nitrogen and oxygen atoms in total. The Labute approximate surface area is 174 Å². The van der Waals surface area contributed by atoms with Gasteiger partial charge >= 0.3 is 0 Å². The maximum atomic E-state index is 12.6. The average Bonchev–Trinajstić information content (AvgIpc) is 2.75. The van der Waals surface area contributed by atoms with E-state index in [-0.39, 0.29) is 5.91 Å². The van der Waals surface area contributed by atoms with Gasteiger partial charge in [0.15, 0.2) is 0 Å². The van der Waals surface area contributed by atoms with Crippen molar-refractivity contribution >= 4 is 5.91 Å². The summed E-state index contributed by atoms with van der Waals surface area (Å²) in [6.07, 6.45) is 5.25. The number of likely N-dealkylation sites (tertiary alicyclic amines) is 2. The Balaban J connectivity index is 1.28. The number of hydrogen-bond donors (Lipinski definition) is 1. The molecule has 4 heteroatoms. The first-order valence-corrected chi connectivity index (χ1v) is 11.0. The highest BCUT2D eigenvalue weighted by molar-refractivity contribution is 5.79. The lowest BCUT2D eigenvalue weighted by molar-refractivity contribution is -0.121. The van der Waals surface area contributed by atoms with Crippen molar-refractivity contribution < 1.29 is 4.79 Å². The molecule has 0 radical (unpaired) electrons. The SMILES string of the molecule is CN1CCC(N2CCCC(NC(=O)Cc3ccc(-c4ccccc4)cc3)C2)CC1. The van der Waals surface area contributed by atoms with E-state index in [2.05, 4.69) is 70.7 Å². The van der Waals surface area contributed by atoms with Crippen LogP contribution in [0.1, 0.15) is 31.2 Å². The van der Waals surface area contributed by atoms with Crippen LogP contribution in [-0.2, 0) is 11.2 Å². The molecule has 2 aliphatic heterocycles. The van der Waals surface area contributed by atoms with Crippen LogP contribution in [0, 0.1) is 0 Å². The monoisotopic (exact) mass is 391 g/mol. The average molecular weight is 392 g/mol. The molecule has 29 heavy (non-hydrogen) atoms. The molecule has 1 N–H and O–H groups in total. The predicted molar refractivity (Wildman–Crippen MR) is 119 cm³/mol.